The molecular weight excluding hydrogens is 526 g/mol. The van der Waals surface area contributed by atoms with E-state index in [0.717, 1.165) is 27.3 Å². The number of aromatic nitrogens is 4. The molecule has 198 valence electrons. The number of aromatic amines is 1. The van der Waals surface area contributed by atoms with Gasteiger partial charge >= 0.3 is 0 Å². The molecule has 0 saturated carbocycles. The molecule has 3 amide bonds. The van der Waals surface area contributed by atoms with Crippen LogP contribution in [0.15, 0.2) is 12.1 Å². The van der Waals surface area contributed by atoms with Gasteiger partial charge in [-0.1, -0.05) is 5.21 Å². The van der Waals surface area contributed by atoms with Crippen LogP contribution in [-0.2, 0) is 23.1 Å². The molecule has 0 unspecified atom stereocenters. The molecular formula is C24H27N9O3S2. The van der Waals surface area contributed by atoms with E-state index in [1.807, 2.05) is 19.1 Å². The number of aryl methyl sites for hydroxylation is 2. The molecule has 1 aliphatic carbocycles. The molecule has 14 heteroatoms. The highest BCUT2D eigenvalue weighted by atomic mass is 32.1. The van der Waals surface area contributed by atoms with Gasteiger partial charge in [0, 0.05) is 22.3 Å². The Morgan fingerprint density at radius 2 is 1.84 bits per heavy atom. The van der Waals surface area contributed by atoms with Gasteiger partial charge < -0.3 is 21.7 Å². The van der Waals surface area contributed by atoms with Crippen LogP contribution in [0.5, 0.6) is 0 Å². The summed E-state index contributed by atoms with van der Waals surface area (Å²) in [6, 6.07) is 5.21. The predicted molar refractivity (Wildman–Crippen MR) is 140 cm³/mol. The number of amides is 3. The number of thiophene rings is 2. The molecule has 0 bridgehead atoms. The molecule has 0 spiro atoms. The molecule has 3 aromatic rings. The summed E-state index contributed by atoms with van der Waals surface area (Å²) in [5, 5.41) is 27.8. The summed E-state index contributed by atoms with van der Waals surface area (Å²) in [7, 11) is 0. The van der Waals surface area contributed by atoms with E-state index in [1.54, 1.807) is 4.90 Å². The van der Waals surface area contributed by atoms with Crippen LogP contribution in [0, 0.1) is 11.3 Å². The zero-order valence-corrected chi connectivity index (χ0v) is 22.3. The van der Waals surface area contributed by atoms with E-state index in [4.69, 9.17) is 11.5 Å². The van der Waals surface area contributed by atoms with Crippen molar-refractivity contribution in [1.82, 2.24) is 30.8 Å². The fraction of sp³-hybridized carbons (Fsp3) is 0.458. The smallest absolute Gasteiger partial charge is 0.258 e. The third kappa shape index (κ3) is 4.46. The average molecular weight is 554 g/mol. The first-order chi connectivity index (χ1) is 18.2. The predicted octanol–water partition coefficient (Wildman–Crippen LogP) is 0.836. The first-order valence-corrected chi connectivity index (χ1v) is 13.9. The second kappa shape index (κ2) is 10.2. The Morgan fingerprint density at radius 3 is 2.37 bits per heavy atom. The number of hydrogen-bond donors (Lipinski definition) is 4. The SMILES string of the molecule is C[C@H](CC1(c2nn[nH]n2)c2sc(C(N)=O)cc2CCc2cc(C(N)=O)sc21)NCC(=O)N1CCC[C@H]1C#N. The van der Waals surface area contributed by atoms with Gasteiger partial charge in [-0.05, 0) is 62.3 Å². The molecule has 0 aromatic carbocycles. The highest BCUT2D eigenvalue weighted by molar-refractivity contribution is 7.16. The van der Waals surface area contributed by atoms with Crippen LogP contribution >= 0.6 is 22.7 Å². The van der Waals surface area contributed by atoms with Gasteiger partial charge in [0.2, 0.25) is 5.91 Å². The van der Waals surface area contributed by atoms with Gasteiger partial charge in [-0.2, -0.15) is 10.5 Å². The average Bonchev–Trinajstić information content (AvgIpc) is 3.70. The first kappa shape index (κ1) is 26.0. The molecule has 38 heavy (non-hydrogen) atoms. The standard InChI is InChI=1S/C24H27N9O3S2/c1-12(28-11-18(34)33-6-2-3-15(33)10-25)9-24(23-29-31-32-30-23)19-13(7-16(37-19)21(26)35)4-5-14-8-17(22(27)36)38-20(14)24/h7-8,12,15,28H,2-6,9,11H2,1H3,(H2,26,35)(H2,27,36)(H,29,30,31,32)/t12-,15+/m1/s1. The number of tetrazole rings is 1. The summed E-state index contributed by atoms with van der Waals surface area (Å²) >= 11 is 2.58. The van der Waals surface area contributed by atoms with Crippen LogP contribution in [0.25, 0.3) is 0 Å². The van der Waals surface area contributed by atoms with Gasteiger partial charge in [0.15, 0.2) is 5.82 Å². The topological polar surface area (TPSA) is 197 Å². The molecule has 1 aliphatic heterocycles. The van der Waals surface area contributed by atoms with Crippen LogP contribution in [0.2, 0.25) is 0 Å². The van der Waals surface area contributed by atoms with Crippen molar-refractivity contribution in [2.24, 2.45) is 11.5 Å². The summed E-state index contributed by atoms with van der Waals surface area (Å²) in [5.74, 6) is -0.787. The van der Waals surface area contributed by atoms with Gasteiger partial charge in [-0.25, -0.2) is 0 Å². The number of nitrogens with zero attached hydrogens (tertiary/aromatic N) is 5. The molecule has 2 aliphatic rings. The molecule has 1 fully saturated rings. The molecule has 3 aromatic heterocycles. The van der Waals surface area contributed by atoms with Crippen LogP contribution < -0.4 is 16.8 Å². The van der Waals surface area contributed by atoms with E-state index in [0.29, 0.717) is 47.8 Å². The van der Waals surface area contributed by atoms with Crippen molar-refractivity contribution in [1.29, 1.82) is 5.26 Å². The van der Waals surface area contributed by atoms with E-state index in [-0.39, 0.29) is 18.5 Å². The Hall–Kier alpha value is -3.67. The highest BCUT2D eigenvalue weighted by Gasteiger charge is 2.48. The minimum Gasteiger partial charge on any atom is -0.365 e. The zero-order valence-electron chi connectivity index (χ0n) is 20.7. The maximum absolute atomic E-state index is 12.9. The minimum absolute atomic E-state index is 0.0648. The Kier molecular flexibility index (Phi) is 6.99. The van der Waals surface area contributed by atoms with Crippen molar-refractivity contribution < 1.29 is 14.4 Å². The lowest BCUT2D eigenvalue weighted by Crippen LogP contribution is -2.45. The number of nitriles is 1. The summed E-state index contributed by atoms with van der Waals surface area (Å²) in [6.45, 7) is 2.59. The Bertz CT molecular complexity index is 1360. The van der Waals surface area contributed by atoms with Crippen molar-refractivity contribution in [3.8, 4) is 6.07 Å². The highest BCUT2D eigenvalue weighted by Crippen LogP contribution is 2.52. The quantitative estimate of drug-likeness (QED) is 0.314. The van der Waals surface area contributed by atoms with Gasteiger partial charge in [0.05, 0.1) is 22.4 Å². The number of nitrogens with two attached hydrogens (primary N) is 2. The molecule has 2 atom stereocenters. The largest absolute Gasteiger partial charge is 0.365 e. The molecule has 6 N–H and O–H groups in total. The van der Waals surface area contributed by atoms with Crippen LogP contribution in [0.3, 0.4) is 0 Å². The second-order valence-electron chi connectivity index (χ2n) is 9.66. The zero-order chi connectivity index (χ0) is 27.0. The van der Waals surface area contributed by atoms with Crippen LogP contribution in [-0.4, -0.2) is 68.4 Å². The van der Waals surface area contributed by atoms with Crippen molar-refractivity contribution in [3.05, 3.63) is 48.6 Å². The normalized spacial score (nSPS) is 18.7. The van der Waals surface area contributed by atoms with Crippen LogP contribution in [0.4, 0.5) is 0 Å². The Labute approximate surface area is 226 Å². The monoisotopic (exact) mass is 553 g/mol. The summed E-state index contributed by atoms with van der Waals surface area (Å²) in [6.07, 6.45) is 3.16. The summed E-state index contributed by atoms with van der Waals surface area (Å²) in [4.78, 5) is 41.4. The molecule has 5 rings (SSSR count). The van der Waals surface area contributed by atoms with E-state index < -0.39 is 23.3 Å². The lowest BCUT2D eigenvalue weighted by molar-refractivity contribution is -0.130. The fourth-order valence-electron chi connectivity index (χ4n) is 5.48. The van der Waals surface area contributed by atoms with Crippen molar-refractivity contribution >= 4 is 40.4 Å². The van der Waals surface area contributed by atoms with E-state index in [1.165, 1.54) is 22.7 Å². The summed E-state index contributed by atoms with van der Waals surface area (Å²) in [5.41, 5.74) is 12.3. The lowest BCUT2D eigenvalue weighted by Gasteiger charge is -2.33. The minimum atomic E-state index is -0.969. The maximum atomic E-state index is 12.9. The number of fused-ring (bicyclic) bond motifs is 2. The number of hydrogen-bond acceptors (Lipinski definition) is 10. The van der Waals surface area contributed by atoms with Crippen molar-refractivity contribution in [3.63, 3.8) is 0 Å². The molecule has 4 heterocycles. The first-order valence-electron chi connectivity index (χ1n) is 12.3. The lowest BCUT2D eigenvalue weighted by atomic mass is 9.76. The summed E-state index contributed by atoms with van der Waals surface area (Å²) < 4.78 is 0. The Balaban J connectivity index is 1.56. The number of rotatable bonds is 8. The number of carbonyl (C=O) groups is 3. The van der Waals surface area contributed by atoms with E-state index >= 15 is 0 Å². The van der Waals surface area contributed by atoms with Crippen molar-refractivity contribution in [2.45, 2.75) is 56.5 Å². The van der Waals surface area contributed by atoms with Gasteiger partial charge in [0.25, 0.3) is 11.8 Å². The fourth-order valence-corrected chi connectivity index (χ4v) is 8.08. The third-order valence-corrected chi connectivity index (χ3v) is 9.91. The number of primary amides is 2. The van der Waals surface area contributed by atoms with Crippen LogP contribution in [0.1, 0.15) is 72.2 Å². The molecule has 12 nitrogen and oxygen atoms in total. The van der Waals surface area contributed by atoms with Gasteiger partial charge in [-0.3, -0.25) is 14.4 Å². The maximum Gasteiger partial charge on any atom is 0.258 e. The molecule has 0 radical (unpaired) electrons. The molecule has 1 saturated heterocycles. The number of H-pyrrole nitrogens is 1. The third-order valence-electron chi connectivity index (χ3n) is 7.21. The number of nitrogens with one attached hydrogen (secondary N) is 2. The van der Waals surface area contributed by atoms with Crippen molar-refractivity contribution in [2.75, 3.05) is 13.1 Å². The number of likely N-dealkylation sites (tertiary alicyclic amines) is 1. The van der Waals surface area contributed by atoms with Gasteiger partial charge in [0.1, 0.15) is 11.5 Å². The van der Waals surface area contributed by atoms with E-state index in [2.05, 4.69) is 32.0 Å². The number of carbonyl (C=O) groups excluding carboxylic acids is 3. The second-order valence-corrected chi connectivity index (χ2v) is 11.8. The van der Waals surface area contributed by atoms with E-state index in [9.17, 15) is 19.6 Å². The van der Waals surface area contributed by atoms with Gasteiger partial charge in [-0.15, -0.1) is 32.9 Å². The Morgan fingerprint density at radius 1 is 1.21 bits per heavy atom.